The quantitative estimate of drug-likeness (QED) is 0.276. The van der Waals surface area contributed by atoms with Crippen molar-refractivity contribution in [2.75, 3.05) is 62.7 Å². The number of carbonyl (C=O) groups excluding carboxylic acids is 1. The van der Waals surface area contributed by atoms with Crippen molar-refractivity contribution < 1.29 is 9.18 Å². The molecule has 2 aliphatic rings. The molecule has 2 aliphatic heterocycles. The molecule has 0 unspecified atom stereocenters. The number of aryl methyl sites for hydroxylation is 2. The number of nitrogens with zero attached hydrogens (tertiary/aromatic N) is 9. The highest BCUT2D eigenvalue weighted by atomic mass is 32.1. The Labute approximate surface area is 252 Å². The number of nitriles is 1. The highest BCUT2D eigenvalue weighted by molar-refractivity contribution is 7.16. The van der Waals surface area contributed by atoms with Crippen molar-refractivity contribution in [3.8, 4) is 17.3 Å². The largest absolute Gasteiger partial charge is 0.368 e. The van der Waals surface area contributed by atoms with Gasteiger partial charge in [0, 0.05) is 58.1 Å². The molecule has 0 aliphatic carbocycles. The van der Waals surface area contributed by atoms with E-state index in [1.54, 1.807) is 17.0 Å². The number of carbonyl (C=O) groups is 1. The Hall–Kier alpha value is -4.41. The SMILES string of the molecule is CCc1nc2c(C)cc(N3CCN(CC(=O)N4CC(N=O)C4)CC3)cn2c1N(C)c1nc(-c2ccc(F)cc2)c(C#N)s1. The molecule has 0 radical (unpaired) electrons. The molecule has 0 atom stereocenters. The second-order valence-electron chi connectivity index (χ2n) is 11.0. The summed E-state index contributed by atoms with van der Waals surface area (Å²) in [4.78, 5) is 41.6. The fourth-order valence-electron chi connectivity index (χ4n) is 5.70. The lowest BCUT2D eigenvalue weighted by Gasteiger charge is -2.39. The molecule has 2 saturated heterocycles. The van der Waals surface area contributed by atoms with Crippen molar-refractivity contribution in [3.63, 3.8) is 0 Å². The molecule has 3 aromatic heterocycles. The number of likely N-dealkylation sites (tertiary alicyclic amines) is 1. The molecule has 6 rings (SSSR count). The van der Waals surface area contributed by atoms with Gasteiger partial charge in [-0.05, 0) is 49.2 Å². The highest BCUT2D eigenvalue weighted by Gasteiger charge is 2.33. The molecule has 13 heteroatoms. The maximum absolute atomic E-state index is 13.5. The summed E-state index contributed by atoms with van der Waals surface area (Å²) in [5, 5.41) is 13.5. The first-order chi connectivity index (χ1) is 20.8. The molecule has 1 aromatic carbocycles. The van der Waals surface area contributed by atoms with Crippen molar-refractivity contribution in [2.45, 2.75) is 26.3 Å². The average molecular weight is 602 g/mol. The molecule has 222 valence electrons. The van der Waals surface area contributed by atoms with Gasteiger partial charge in [-0.3, -0.25) is 14.1 Å². The molecule has 1 amide bonds. The summed E-state index contributed by atoms with van der Waals surface area (Å²) in [6, 6.07) is 10.2. The number of fused-ring (bicyclic) bond motifs is 1. The van der Waals surface area contributed by atoms with Crippen molar-refractivity contribution in [3.05, 3.63) is 63.4 Å². The Morgan fingerprint density at radius 2 is 1.91 bits per heavy atom. The van der Waals surface area contributed by atoms with E-state index >= 15 is 0 Å². The number of thiazole rings is 1. The summed E-state index contributed by atoms with van der Waals surface area (Å²) in [7, 11) is 1.93. The summed E-state index contributed by atoms with van der Waals surface area (Å²) < 4.78 is 15.6. The van der Waals surface area contributed by atoms with Gasteiger partial charge in [0.15, 0.2) is 5.13 Å². The first-order valence-corrected chi connectivity index (χ1v) is 15.1. The van der Waals surface area contributed by atoms with Gasteiger partial charge < -0.3 is 14.7 Å². The van der Waals surface area contributed by atoms with Crippen LogP contribution in [0.25, 0.3) is 16.9 Å². The monoisotopic (exact) mass is 601 g/mol. The lowest BCUT2D eigenvalue weighted by molar-refractivity contribution is -0.136. The highest BCUT2D eigenvalue weighted by Crippen LogP contribution is 2.37. The predicted octanol–water partition coefficient (Wildman–Crippen LogP) is 4.21. The fourth-order valence-corrected chi connectivity index (χ4v) is 6.54. The van der Waals surface area contributed by atoms with Crippen LogP contribution in [0.4, 0.5) is 21.0 Å². The summed E-state index contributed by atoms with van der Waals surface area (Å²) in [5.41, 5.74) is 5.11. The van der Waals surface area contributed by atoms with Crippen molar-refractivity contribution in [2.24, 2.45) is 5.18 Å². The number of rotatable bonds is 8. The van der Waals surface area contributed by atoms with E-state index in [0.29, 0.717) is 47.3 Å². The maximum atomic E-state index is 13.5. The van der Waals surface area contributed by atoms with Gasteiger partial charge in [-0.2, -0.15) is 10.2 Å². The number of pyridine rings is 1. The Balaban J connectivity index is 1.25. The van der Waals surface area contributed by atoms with Gasteiger partial charge in [0.1, 0.15) is 40.0 Å². The third-order valence-corrected chi connectivity index (χ3v) is 9.21. The molecular weight excluding hydrogens is 569 g/mol. The molecule has 0 saturated carbocycles. The lowest BCUT2D eigenvalue weighted by Crippen LogP contribution is -2.57. The third-order valence-electron chi connectivity index (χ3n) is 8.17. The second-order valence-corrected chi connectivity index (χ2v) is 12.0. The zero-order valence-electron chi connectivity index (χ0n) is 24.3. The molecule has 11 nitrogen and oxygen atoms in total. The number of amides is 1. The average Bonchev–Trinajstić information content (AvgIpc) is 3.59. The van der Waals surface area contributed by atoms with Crippen LogP contribution in [0.2, 0.25) is 0 Å². The van der Waals surface area contributed by atoms with Crippen LogP contribution in [-0.4, -0.2) is 89.0 Å². The molecule has 0 N–H and O–H groups in total. The van der Waals surface area contributed by atoms with Crippen LogP contribution in [0.5, 0.6) is 0 Å². The maximum Gasteiger partial charge on any atom is 0.236 e. The van der Waals surface area contributed by atoms with Gasteiger partial charge >= 0.3 is 0 Å². The minimum atomic E-state index is -0.340. The molecule has 43 heavy (non-hydrogen) atoms. The molecule has 0 bridgehead atoms. The van der Waals surface area contributed by atoms with Crippen molar-refractivity contribution in [1.82, 2.24) is 24.2 Å². The van der Waals surface area contributed by atoms with Gasteiger partial charge in [-0.15, -0.1) is 0 Å². The van der Waals surface area contributed by atoms with E-state index in [2.05, 4.69) is 51.6 Å². The van der Waals surface area contributed by atoms with Crippen molar-refractivity contribution >= 4 is 39.5 Å². The van der Waals surface area contributed by atoms with Crippen LogP contribution in [0, 0.1) is 29.0 Å². The molecule has 0 spiro atoms. The summed E-state index contributed by atoms with van der Waals surface area (Å²) >= 11 is 1.29. The van der Waals surface area contributed by atoms with Crippen LogP contribution in [0.15, 0.2) is 41.7 Å². The van der Waals surface area contributed by atoms with E-state index in [0.717, 1.165) is 54.6 Å². The van der Waals surface area contributed by atoms with Crippen LogP contribution >= 0.6 is 11.3 Å². The number of aromatic nitrogens is 3. The number of piperazine rings is 1. The molecule has 5 heterocycles. The smallest absolute Gasteiger partial charge is 0.236 e. The number of imidazole rings is 1. The minimum absolute atomic E-state index is 0.0492. The van der Waals surface area contributed by atoms with Crippen LogP contribution in [-0.2, 0) is 11.2 Å². The van der Waals surface area contributed by atoms with Gasteiger partial charge in [0.2, 0.25) is 5.91 Å². The summed E-state index contributed by atoms with van der Waals surface area (Å²) in [5.74, 6) is 0.591. The molecular formula is C30H32FN9O2S. The number of anilines is 3. The summed E-state index contributed by atoms with van der Waals surface area (Å²) in [6.45, 7) is 8.39. The zero-order valence-corrected chi connectivity index (χ0v) is 25.1. The number of halogens is 1. The van der Waals surface area contributed by atoms with Crippen molar-refractivity contribution in [1.29, 1.82) is 5.26 Å². The Bertz CT molecular complexity index is 1710. The van der Waals surface area contributed by atoms with Crippen LogP contribution in [0.3, 0.4) is 0 Å². The van der Waals surface area contributed by atoms with E-state index in [9.17, 15) is 19.4 Å². The van der Waals surface area contributed by atoms with Gasteiger partial charge in [0.05, 0.1) is 17.9 Å². The normalized spacial score (nSPS) is 15.9. The second kappa shape index (κ2) is 11.7. The first kappa shape index (κ1) is 28.7. The molecule has 4 aromatic rings. The zero-order chi connectivity index (χ0) is 30.2. The van der Waals surface area contributed by atoms with Crippen LogP contribution < -0.4 is 9.80 Å². The van der Waals surface area contributed by atoms with E-state index in [1.165, 1.54) is 23.5 Å². The van der Waals surface area contributed by atoms with Gasteiger partial charge in [-0.1, -0.05) is 23.4 Å². The lowest BCUT2D eigenvalue weighted by atomic mass is 10.1. The first-order valence-electron chi connectivity index (χ1n) is 14.3. The Kier molecular flexibility index (Phi) is 7.81. The number of nitroso groups, excluding NO2 is 1. The number of hydrogen-bond donors (Lipinski definition) is 0. The minimum Gasteiger partial charge on any atom is -0.368 e. The Morgan fingerprint density at radius 3 is 2.56 bits per heavy atom. The number of benzene rings is 1. The molecule has 2 fully saturated rings. The third kappa shape index (κ3) is 5.44. The fraction of sp³-hybridized carbons (Fsp3) is 0.400. The van der Waals surface area contributed by atoms with E-state index in [4.69, 9.17) is 9.97 Å². The predicted molar refractivity (Wildman–Crippen MR) is 164 cm³/mol. The Morgan fingerprint density at radius 1 is 1.19 bits per heavy atom. The van der Waals surface area contributed by atoms with E-state index in [-0.39, 0.29) is 17.8 Å². The van der Waals surface area contributed by atoms with Gasteiger partial charge in [-0.25, -0.2) is 14.4 Å². The van der Waals surface area contributed by atoms with E-state index < -0.39 is 0 Å². The standard InChI is InChI=1S/C30H32FN9O2S/c1-4-24-29(36(3)30-34-27(25(14-32)43-30)20-5-7-21(31)8-6-20)40-17-23(13-19(2)28(40)33-24)38-11-9-37(10-12-38)18-26(41)39-15-22(16-39)35-42/h5-8,13,17,22H,4,9-12,15-16,18H2,1-3H3. The summed E-state index contributed by atoms with van der Waals surface area (Å²) in [6.07, 6.45) is 2.82. The van der Waals surface area contributed by atoms with Gasteiger partial charge in [0.25, 0.3) is 0 Å². The number of hydrogen-bond acceptors (Lipinski definition) is 10. The topological polar surface area (TPSA) is 113 Å². The van der Waals surface area contributed by atoms with Crippen LogP contribution in [0.1, 0.15) is 23.1 Å². The van der Waals surface area contributed by atoms with E-state index in [1.807, 2.05) is 11.9 Å².